The fraction of sp³-hybridized carbons (Fsp3) is 0.265. The van der Waals surface area contributed by atoms with Gasteiger partial charge in [0.25, 0.3) is 0 Å². The summed E-state index contributed by atoms with van der Waals surface area (Å²) in [5.41, 5.74) is 7.04. The van der Waals surface area contributed by atoms with Crippen molar-refractivity contribution in [3.63, 3.8) is 0 Å². The molecule has 6 aromatic rings. The first-order valence-corrected chi connectivity index (χ1v) is 23.1. The van der Waals surface area contributed by atoms with Crippen LogP contribution >= 0.6 is 0 Å². The Morgan fingerprint density at radius 3 is 2.29 bits per heavy atom. The lowest BCUT2D eigenvalue weighted by Gasteiger charge is -2.39. The van der Waals surface area contributed by atoms with Crippen molar-refractivity contribution in [3.8, 4) is 22.6 Å². The maximum absolute atomic E-state index is 12.6. The molecule has 1 atom stereocenters. The van der Waals surface area contributed by atoms with Gasteiger partial charge in [-0.2, -0.15) is 0 Å². The minimum absolute atomic E-state index is 0.00961. The highest BCUT2D eigenvalue weighted by Gasteiger charge is 2.39. The van der Waals surface area contributed by atoms with Crippen LogP contribution in [0.3, 0.4) is 0 Å². The Balaban J connectivity index is 1.04. The number of H-pyrrole nitrogens is 1. The molecule has 0 radical (unpaired) electrons. The van der Waals surface area contributed by atoms with Crippen molar-refractivity contribution in [1.82, 2.24) is 10.3 Å². The molecule has 306 valence electrons. The van der Waals surface area contributed by atoms with Gasteiger partial charge in [0, 0.05) is 23.6 Å². The highest BCUT2D eigenvalue weighted by Crippen LogP contribution is 2.41. The molecule has 9 nitrogen and oxygen atoms in total. The molecule has 0 bridgehead atoms. The lowest BCUT2D eigenvalue weighted by molar-refractivity contribution is 0.182. The molecule has 0 aliphatic carbocycles. The highest BCUT2D eigenvalue weighted by molar-refractivity contribution is 6.74. The van der Waals surface area contributed by atoms with Crippen LogP contribution in [0, 0.1) is 0 Å². The fourth-order valence-electron chi connectivity index (χ4n) is 6.56. The van der Waals surface area contributed by atoms with Gasteiger partial charge >= 0.3 is 6.09 Å². The molecule has 0 aliphatic rings. The van der Waals surface area contributed by atoms with Gasteiger partial charge in [0.1, 0.15) is 18.1 Å². The van der Waals surface area contributed by atoms with E-state index < -0.39 is 14.4 Å². The molecule has 1 heterocycles. The fourth-order valence-corrected chi connectivity index (χ4v) is 7.84. The van der Waals surface area contributed by atoms with Crippen LogP contribution in [0.25, 0.3) is 28.1 Å². The van der Waals surface area contributed by atoms with Crippen molar-refractivity contribution in [2.24, 2.45) is 0 Å². The summed E-state index contributed by atoms with van der Waals surface area (Å²) in [6.07, 6.45) is 4.31. The predicted octanol–water partition coefficient (Wildman–Crippen LogP) is 11.2. The van der Waals surface area contributed by atoms with Gasteiger partial charge < -0.3 is 29.3 Å². The largest absolute Gasteiger partial charge is 0.493 e. The molecule has 5 aromatic carbocycles. The molecular weight excluding hydrogens is 755 g/mol. The molecule has 10 heteroatoms. The lowest BCUT2D eigenvalue weighted by Crippen LogP contribution is -2.43. The Morgan fingerprint density at radius 2 is 1.58 bits per heavy atom. The first kappa shape index (κ1) is 42.7. The number of anilines is 1. The van der Waals surface area contributed by atoms with E-state index in [4.69, 9.17) is 13.9 Å². The van der Waals surface area contributed by atoms with Crippen molar-refractivity contribution in [1.29, 1.82) is 0 Å². The van der Waals surface area contributed by atoms with Crippen molar-refractivity contribution in [2.45, 2.75) is 64.5 Å². The SMILES string of the molecule is CC(C)(C)[Si](C)(C)OC(CNCCc1ccc(OCC/C=C/c2ccc(NC(=O)O)c(-c3ccccc3)c2)cc1)c1ccc(OCc2ccccc2)c2[nH]c(=O)ccc12. The van der Waals surface area contributed by atoms with Crippen LogP contribution in [-0.2, 0) is 17.5 Å². The van der Waals surface area contributed by atoms with Gasteiger partial charge in [-0.15, -0.1) is 0 Å². The van der Waals surface area contributed by atoms with E-state index in [0.717, 1.165) is 51.9 Å². The standard InChI is InChI=1S/C49H55N3O6Si/c1-49(2,3)59(4,5)58-45(40-24-27-44(47-41(40)25-28-46(53)52-47)57-34-37-15-8-6-9-16-37)33-50-30-29-35-19-22-39(23-20-35)56-31-13-12-14-36-21-26-43(51-48(54)55)42(32-36)38-17-10-7-11-18-38/h6-12,14-28,32,45,50-51H,13,29-31,33-34H2,1-5H3,(H,52,53)(H,54,55)/b14-12+. The molecule has 6 rings (SSSR count). The third kappa shape index (κ3) is 11.8. The van der Waals surface area contributed by atoms with E-state index in [9.17, 15) is 14.7 Å². The lowest BCUT2D eigenvalue weighted by atomic mass is 10.0. The maximum Gasteiger partial charge on any atom is 0.409 e. The number of hydrogen-bond donors (Lipinski definition) is 4. The van der Waals surface area contributed by atoms with Gasteiger partial charge in [0.2, 0.25) is 5.56 Å². The summed E-state index contributed by atoms with van der Waals surface area (Å²) in [7, 11) is -2.19. The second-order valence-corrected chi connectivity index (χ2v) is 20.9. The molecule has 4 N–H and O–H groups in total. The Morgan fingerprint density at radius 1 is 0.847 bits per heavy atom. The van der Waals surface area contributed by atoms with Crippen LogP contribution in [0.4, 0.5) is 10.5 Å². The summed E-state index contributed by atoms with van der Waals surface area (Å²) in [6.45, 7) is 13.6. The quantitative estimate of drug-likeness (QED) is 0.0504. The molecule has 0 aliphatic heterocycles. The van der Waals surface area contributed by atoms with E-state index in [2.05, 4.69) is 73.8 Å². The summed E-state index contributed by atoms with van der Waals surface area (Å²) in [5.74, 6) is 1.44. The van der Waals surface area contributed by atoms with Crippen LogP contribution in [0.15, 0.2) is 138 Å². The Labute approximate surface area is 348 Å². The Bertz CT molecular complexity index is 2390. The zero-order valence-corrected chi connectivity index (χ0v) is 35.6. The second-order valence-electron chi connectivity index (χ2n) is 16.1. The summed E-state index contributed by atoms with van der Waals surface area (Å²) in [6, 6.07) is 41.1. The van der Waals surface area contributed by atoms with Gasteiger partial charge in [-0.1, -0.05) is 118 Å². The summed E-state index contributed by atoms with van der Waals surface area (Å²) >= 11 is 0. The highest BCUT2D eigenvalue weighted by atomic mass is 28.4. The molecule has 59 heavy (non-hydrogen) atoms. The number of amides is 1. The number of aromatic nitrogens is 1. The number of aromatic amines is 1. The van der Waals surface area contributed by atoms with E-state index in [0.29, 0.717) is 43.1 Å². The summed E-state index contributed by atoms with van der Waals surface area (Å²) in [5, 5.41) is 16.4. The number of benzene rings is 5. The van der Waals surface area contributed by atoms with Gasteiger partial charge in [-0.05, 0) is 102 Å². The van der Waals surface area contributed by atoms with Crippen LogP contribution in [0.2, 0.25) is 18.1 Å². The van der Waals surface area contributed by atoms with E-state index in [1.165, 1.54) is 5.56 Å². The average Bonchev–Trinajstić information content (AvgIpc) is 3.22. The van der Waals surface area contributed by atoms with Crippen LogP contribution in [-0.4, -0.2) is 44.2 Å². The zero-order valence-electron chi connectivity index (χ0n) is 34.6. The van der Waals surface area contributed by atoms with Gasteiger partial charge in [-0.3, -0.25) is 10.1 Å². The minimum atomic E-state index is -2.19. The first-order chi connectivity index (χ1) is 28.4. The van der Waals surface area contributed by atoms with Crippen molar-refractivity contribution < 1.29 is 23.8 Å². The van der Waals surface area contributed by atoms with Gasteiger partial charge in [-0.25, -0.2) is 4.79 Å². The number of carbonyl (C=O) groups is 1. The zero-order chi connectivity index (χ0) is 41.8. The normalized spacial score (nSPS) is 12.4. The summed E-state index contributed by atoms with van der Waals surface area (Å²) in [4.78, 5) is 26.9. The molecular formula is C49H55N3O6Si. The number of pyridine rings is 1. The van der Waals surface area contributed by atoms with E-state index in [1.807, 2.05) is 103 Å². The predicted molar refractivity (Wildman–Crippen MR) is 242 cm³/mol. The smallest absolute Gasteiger partial charge is 0.409 e. The molecule has 0 spiro atoms. The monoisotopic (exact) mass is 809 g/mol. The number of ether oxygens (including phenoxy) is 2. The third-order valence-corrected chi connectivity index (χ3v) is 15.3. The molecule has 1 aromatic heterocycles. The average molecular weight is 810 g/mol. The molecule has 0 saturated heterocycles. The van der Waals surface area contributed by atoms with Crippen LogP contribution in [0.1, 0.15) is 55.5 Å². The Kier molecular flexibility index (Phi) is 14.2. The summed E-state index contributed by atoms with van der Waals surface area (Å²) < 4.78 is 19.4. The van der Waals surface area contributed by atoms with Crippen LogP contribution in [0.5, 0.6) is 11.5 Å². The van der Waals surface area contributed by atoms with E-state index in [-0.39, 0.29) is 16.7 Å². The maximum atomic E-state index is 12.6. The first-order valence-electron chi connectivity index (χ1n) is 20.2. The number of hydrogen-bond acceptors (Lipinski definition) is 6. The van der Waals surface area contributed by atoms with Crippen molar-refractivity contribution in [2.75, 3.05) is 25.0 Å². The molecule has 1 amide bonds. The number of nitrogens with one attached hydrogen (secondary N) is 3. The molecule has 1 unspecified atom stereocenters. The third-order valence-electron chi connectivity index (χ3n) is 10.8. The second kappa shape index (κ2) is 19.7. The van der Waals surface area contributed by atoms with Crippen molar-refractivity contribution >= 4 is 37.1 Å². The number of fused-ring (bicyclic) bond motifs is 1. The van der Waals surface area contributed by atoms with E-state index in [1.54, 1.807) is 12.1 Å². The number of rotatable bonds is 18. The van der Waals surface area contributed by atoms with Crippen LogP contribution < -0.4 is 25.7 Å². The van der Waals surface area contributed by atoms with E-state index >= 15 is 0 Å². The minimum Gasteiger partial charge on any atom is -0.493 e. The molecule has 0 saturated carbocycles. The van der Waals surface area contributed by atoms with Crippen molar-refractivity contribution in [3.05, 3.63) is 166 Å². The Hall–Kier alpha value is -5.94. The van der Waals surface area contributed by atoms with Gasteiger partial charge in [0.15, 0.2) is 8.32 Å². The number of carboxylic acid groups (broad SMARTS) is 1. The van der Waals surface area contributed by atoms with Gasteiger partial charge in [0.05, 0.1) is 23.9 Å². The topological polar surface area (TPSA) is 122 Å². The molecule has 0 fully saturated rings.